The number of hydrogen-bond donors (Lipinski definition) is 2. The molecule has 162 valence electrons. The third-order valence-corrected chi connectivity index (χ3v) is 5.62. The van der Waals surface area contributed by atoms with Gasteiger partial charge >= 0.3 is 5.97 Å². The van der Waals surface area contributed by atoms with E-state index in [4.69, 9.17) is 28.3 Å². The van der Waals surface area contributed by atoms with Gasteiger partial charge in [-0.05, 0) is 54.4 Å². The Hall–Kier alpha value is -3.35. The van der Waals surface area contributed by atoms with Gasteiger partial charge in [0.2, 0.25) is 0 Å². The largest absolute Gasteiger partial charge is 0.478 e. The number of rotatable bonds is 6. The number of aromatic carboxylic acids is 1. The predicted octanol–water partition coefficient (Wildman–Crippen LogP) is 5.58. The number of carboxylic acid groups (broad SMARTS) is 1. The van der Waals surface area contributed by atoms with Crippen molar-refractivity contribution < 1.29 is 14.7 Å². The molecular weight excluding hydrogens is 449 g/mol. The molecule has 1 atom stereocenters. The molecule has 0 saturated heterocycles. The summed E-state index contributed by atoms with van der Waals surface area (Å²) in [4.78, 5) is 24.3. The van der Waals surface area contributed by atoms with Gasteiger partial charge in [-0.1, -0.05) is 47.5 Å². The zero-order valence-electron chi connectivity index (χ0n) is 17.0. The molecule has 4 rings (SSSR count). The Kier molecular flexibility index (Phi) is 6.17. The first-order valence-corrected chi connectivity index (χ1v) is 10.6. The molecule has 2 N–H and O–H groups in total. The number of hydrogen-bond acceptors (Lipinski definition) is 3. The van der Waals surface area contributed by atoms with Crippen LogP contribution in [-0.4, -0.2) is 26.8 Å². The number of fused-ring (bicyclic) bond motifs is 1. The highest BCUT2D eigenvalue weighted by atomic mass is 35.5. The van der Waals surface area contributed by atoms with Crippen molar-refractivity contribution in [2.24, 2.45) is 0 Å². The quantitative estimate of drug-likeness (QED) is 0.387. The van der Waals surface area contributed by atoms with Crippen LogP contribution in [0.5, 0.6) is 0 Å². The maximum absolute atomic E-state index is 13.2. The maximum atomic E-state index is 13.2. The number of aromatic nitrogens is 2. The fraction of sp³-hybridized carbons (Fsp3) is 0.125. The fourth-order valence-corrected chi connectivity index (χ4v) is 4.01. The average molecular weight is 468 g/mol. The number of carboxylic acids is 1. The smallest absolute Gasteiger partial charge is 0.335 e. The van der Waals surface area contributed by atoms with Gasteiger partial charge in [0, 0.05) is 15.4 Å². The molecule has 0 bridgehead atoms. The van der Waals surface area contributed by atoms with Crippen molar-refractivity contribution in [1.29, 1.82) is 0 Å². The predicted molar refractivity (Wildman–Crippen MR) is 125 cm³/mol. The molecule has 0 aliphatic rings. The topological polar surface area (TPSA) is 84.2 Å². The first kappa shape index (κ1) is 21.9. The van der Waals surface area contributed by atoms with Crippen molar-refractivity contribution in [3.63, 3.8) is 0 Å². The third kappa shape index (κ3) is 4.61. The van der Waals surface area contributed by atoms with E-state index in [1.54, 1.807) is 41.2 Å². The summed E-state index contributed by atoms with van der Waals surface area (Å²) in [5.41, 5.74) is 3.00. The highest BCUT2D eigenvalue weighted by Gasteiger charge is 2.19. The van der Waals surface area contributed by atoms with Crippen LogP contribution >= 0.6 is 23.2 Å². The number of nitrogens with zero attached hydrogens (tertiary/aromatic N) is 2. The molecule has 1 heterocycles. The lowest BCUT2D eigenvalue weighted by molar-refractivity contribution is 0.0696. The lowest BCUT2D eigenvalue weighted by Crippen LogP contribution is -2.27. The highest BCUT2D eigenvalue weighted by molar-refractivity contribution is 6.32. The Morgan fingerprint density at radius 1 is 1.06 bits per heavy atom. The molecule has 0 spiro atoms. The summed E-state index contributed by atoms with van der Waals surface area (Å²) >= 11 is 12.4. The summed E-state index contributed by atoms with van der Waals surface area (Å²) < 4.78 is 1.75. The van der Waals surface area contributed by atoms with Crippen molar-refractivity contribution >= 4 is 46.0 Å². The van der Waals surface area contributed by atoms with Crippen molar-refractivity contribution in [2.45, 2.75) is 19.5 Å². The SMILES string of the molecule is C[C@H](NC(=O)c1cc(Cl)cc2cnn(Cc3cccc(Cl)c3)c12)c1ccc(C(=O)O)cc1. The van der Waals surface area contributed by atoms with Gasteiger partial charge in [0.15, 0.2) is 0 Å². The molecule has 0 aliphatic heterocycles. The van der Waals surface area contributed by atoms with Crippen LogP contribution in [0.25, 0.3) is 10.9 Å². The van der Waals surface area contributed by atoms with Crippen molar-refractivity contribution in [3.8, 4) is 0 Å². The van der Waals surface area contributed by atoms with E-state index in [1.807, 2.05) is 25.1 Å². The molecule has 1 aromatic heterocycles. The Labute approximate surface area is 194 Å². The Morgan fingerprint density at radius 2 is 1.81 bits per heavy atom. The maximum Gasteiger partial charge on any atom is 0.335 e. The Bertz CT molecular complexity index is 1320. The van der Waals surface area contributed by atoms with Crippen LogP contribution in [0.1, 0.15) is 44.8 Å². The van der Waals surface area contributed by atoms with Crippen molar-refractivity contribution in [1.82, 2.24) is 15.1 Å². The zero-order chi connectivity index (χ0) is 22.8. The minimum atomic E-state index is -0.998. The van der Waals surface area contributed by atoms with Gasteiger partial charge in [0.05, 0.1) is 35.4 Å². The summed E-state index contributed by atoms with van der Waals surface area (Å²) in [7, 11) is 0. The first-order valence-electron chi connectivity index (χ1n) is 9.85. The van der Waals surface area contributed by atoms with E-state index in [0.717, 1.165) is 16.5 Å². The van der Waals surface area contributed by atoms with E-state index in [1.165, 1.54) is 12.1 Å². The lowest BCUT2D eigenvalue weighted by Gasteiger charge is -2.16. The standard InChI is InChI=1S/C24H19Cl2N3O3/c1-14(16-5-7-17(8-6-16)24(31)32)28-23(30)21-11-20(26)10-18-12-27-29(22(18)21)13-15-3-2-4-19(25)9-15/h2-12,14H,13H2,1H3,(H,28,30)(H,31,32)/t14-/m0/s1. The monoisotopic (exact) mass is 467 g/mol. The normalized spacial score (nSPS) is 12.0. The molecule has 0 saturated carbocycles. The fourth-order valence-electron chi connectivity index (χ4n) is 3.57. The number of nitrogens with one attached hydrogen (secondary N) is 1. The van der Waals surface area contributed by atoms with Gasteiger partial charge in [0.1, 0.15) is 0 Å². The molecule has 0 unspecified atom stereocenters. The molecule has 32 heavy (non-hydrogen) atoms. The van der Waals surface area contributed by atoms with Crippen LogP contribution in [0.4, 0.5) is 0 Å². The molecule has 3 aromatic carbocycles. The van der Waals surface area contributed by atoms with Gasteiger partial charge in [-0.15, -0.1) is 0 Å². The van der Waals surface area contributed by atoms with Crippen LogP contribution < -0.4 is 5.32 Å². The van der Waals surface area contributed by atoms with Gasteiger partial charge < -0.3 is 10.4 Å². The number of halogens is 2. The number of carbonyl (C=O) groups is 2. The minimum Gasteiger partial charge on any atom is -0.478 e. The van der Waals surface area contributed by atoms with Gasteiger partial charge in [-0.25, -0.2) is 4.79 Å². The minimum absolute atomic E-state index is 0.189. The summed E-state index contributed by atoms with van der Waals surface area (Å²) in [6, 6.07) is 16.9. The van der Waals surface area contributed by atoms with Crippen LogP contribution in [-0.2, 0) is 6.54 Å². The Balaban J connectivity index is 1.64. The van der Waals surface area contributed by atoms with E-state index in [-0.39, 0.29) is 17.5 Å². The summed E-state index contributed by atoms with van der Waals surface area (Å²) in [6.45, 7) is 2.27. The molecule has 4 aromatic rings. The molecule has 0 aliphatic carbocycles. The molecule has 1 amide bonds. The lowest BCUT2D eigenvalue weighted by atomic mass is 10.0. The van der Waals surface area contributed by atoms with Crippen molar-refractivity contribution in [3.05, 3.63) is 99.2 Å². The zero-order valence-corrected chi connectivity index (χ0v) is 18.6. The van der Waals surface area contributed by atoms with Gasteiger partial charge in [0.25, 0.3) is 5.91 Å². The average Bonchev–Trinajstić information content (AvgIpc) is 3.15. The summed E-state index contributed by atoms with van der Waals surface area (Å²) in [6.07, 6.45) is 1.68. The van der Waals surface area contributed by atoms with E-state index >= 15 is 0 Å². The molecular formula is C24H19Cl2N3O3. The summed E-state index contributed by atoms with van der Waals surface area (Å²) in [5.74, 6) is -1.30. The van der Waals surface area contributed by atoms with E-state index in [2.05, 4.69) is 10.4 Å². The second kappa shape index (κ2) is 9.02. The Morgan fingerprint density at radius 3 is 2.50 bits per heavy atom. The molecule has 0 fully saturated rings. The third-order valence-electron chi connectivity index (χ3n) is 5.17. The van der Waals surface area contributed by atoms with Crippen LogP contribution in [0.15, 0.2) is 66.9 Å². The number of carbonyl (C=O) groups excluding carboxylic acids is 1. The number of amides is 1. The van der Waals surface area contributed by atoms with Crippen LogP contribution in [0.2, 0.25) is 10.0 Å². The first-order chi connectivity index (χ1) is 15.3. The van der Waals surface area contributed by atoms with Crippen LogP contribution in [0.3, 0.4) is 0 Å². The second-order valence-electron chi connectivity index (χ2n) is 7.45. The van der Waals surface area contributed by atoms with E-state index < -0.39 is 5.97 Å². The molecule has 8 heteroatoms. The van der Waals surface area contributed by atoms with Crippen molar-refractivity contribution in [2.75, 3.05) is 0 Å². The molecule has 0 radical (unpaired) electrons. The van der Waals surface area contributed by atoms with E-state index in [9.17, 15) is 9.59 Å². The van der Waals surface area contributed by atoms with Gasteiger partial charge in [-0.3, -0.25) is 9.48 Å². The van der Waals surface area contributed by atoms with E-state index in [0.29, 0.717) is 27.7 Å². The second-order valence-corrected chi connectivity index (χ2v) is 8.32. The molecule has 6 nitrogen and oxygen atoms in total. The van der Waals surface area contributed by atoms with Crippen LogP contribution in [0, 0.1) is 0 Å². The van der Waals surface area contributed by atoms with Gasteiger partial charge in [-0.2, -0.15) is 5.10 Å². The summed E-state index contributed by atoms with van der Waals surface area (Å²) in [5, 5.41) is 18.3. The highest BCUT2D eigenvalue weighted by Crippen LogP contribution is 2.26. The number of benzene rings is 3.